The lowest BCUT2D eigenvalue weighted by atomic mass is 10.6. The summed E-state index contributed by atoms with van der Waals surface area (Å²) >= 11 is 0. The molecule has 5 nitrogen and oxygen atoms in total. The highest BCUT2D eigenvalue weighted by atomic mass is 16.6. The van der Waals surface area contributed by atoms with E-state index in [2.05, 4.69) is 5.28 Å². The van der Waals surface area contributed by atoms with Gasteiger partial charge in [0.05, 0.1) is 18.1 Å². The van der Waals surface area contributed by atoms with E-state index in [0.717, 1.165) is 0 Å². The molecule has 0 aromatic rings. The molecule has 0 aromatic carbocycles. The maximum Gasteiger partial charge on any atom is 0.230 e. The topological polar surface area (TPSA) is 61.9 Å². The highest BCUT2D eigenvalue weighted by molar-refractivity contribution is 4.29. The van der Waals surface area contributed by atoms with Gasteiger partial charge in [-0.05, 0) is 13.8 Å². The van der Waals surface area contributed by atoms with Crippen LogP contribution < -0.4 is 0 Å². The van der Waals surface area contributed by atoms with Gasteiger partial charge in [0, 0.05) is 0 Å². The van der Waals surface area contributed by atoms with Crippen LogP contribution in [0, 0.1) is 5.21 Å². The summed E-state index contributed by atoms with van der Waals surface area (Å²) in [6, 6.07) is 0. The van der Waals surface area contributed by atoms with E-state index in [0.29, 0.717) is 13.1 Å². The zero-order chi connectivity index (χ0) is 7.28. The van der Waals surface area contributed by atoms with Crippen LogP contribution >= 0.6 is 0 Å². The van der Waals surface area contributed by atoms with Crippen molar-refractivity contribution in [3.8, 4) is 0 Å². The van der Waals surface area contributed by atoms with Gasteiger partial charge in [0.25, 0.3) is 0 Å². The standard InChI is InChI=1S/C4H11N3O2/c1-3-6(4-2)7(9)5-8/h8H,3-4H2,1-2H3/b7-5+. The molecular weight excluding hydrogens is 122 g/mol. The molecule has 0 fully saturated rings. The van der Waals surface area contributed by atoms with Gasteiger partial charge in [-0.15, -0.1) is 5.01 Å². The van der Waals surface area contributed by atoms with E-state index < -0.39 is 0 Å². The molecule has 5 heteroatoms. The average Bonchev–Trinajstić information content (AvgIpc) is 1.90. The Labute approximate surface area is 53.7 Å². The zero-order valence-electron chi connectivity index (χ0n) is 5.61. The van der Waals surface area contributed by atoms with Crippen LogP contribution in [0.5, 0.6) is 0 Å². The Hall–Kier alpha value is -1.00. The third-order valence-electron chi connectivity index (χ3n) is 1.05. The molecule has 0 rings (SSSR count). The highest BCUT2D eigenvalue weighted by Crippen LogP contribution is 1.86. The van der Waals surface area contributed by atoms with Crippen molar-refractivity contribution in [3.05, 3.63) is 5.21 Å². The predicted octanol–water partition coefficient (Wildman–Crippen LogP) is 0.595. The molecule has 1 N–H and O–H groups in total. The summed E-state index contributed by atoms with van der Waals surface area (Å²) in [5.41, 5.74) is 0. The molecule has 0 amide bonds. The predicted molar refractivity (Wildman–Crippen MR) is 30.8 cm³/mol. The van der Waals surface area contributed by atoms with Crippen molar-refractivity contribution >= 4 is 0 Å². The van der Waals surface area contributed by atoms with Gasteiger partial charge in [-0.1, -0.05) is 0 Å². The summed E-state index contributed by atoms with van der Waals surface area (Å²) in [6.07, 6.45) is 0. The minimum Gasteiger partial charge on any atom is -0.569 e. The minimum absolute atomic E-state index is 0.167. The smallest absolute Gasteiger partial charge is 0.230 e. The molecule has 0 saturated heterocycles. The van der Waals surface area contributed by atoms with Gasteiger partial charge in [0.15, 0.2) is 0 Å². The molecule has 0 atom stereocenters. The lowest BCUT2D eigenvalue weighted by molar-refractivity contribution is -0.708. The molecule has 0 unspecified atom stereocenters. The monoisotopic (exact) mass is 133 g/mol. The Bertz CT molecular complexity index is 100.0. The first-order valence-corrected chi connectivity index (χ1v) is 2.83. The summed E-state index contributed by atoms with van der Waals surface area (Å²) in [6.45, 7) is 4.70. The molecule has 0 heterocycles. The van der Waals surface area contributed by atoms with E-state index in [1.54, 1.807) is 13.8 Å². The number of nitrogens with zero attached hydrogens (tertiary/aromatic N) is 3. The first kappa shape index (κ1) is 8.00. The molecule has 0 aliphatic heterocycles. The van der Waals surface area contributed by atoms with Gasteiger partial charge in [-0.2, -0.15) is 0 Å². The third-order valence-corrected chi connectivity index (χ3v) is 1.05. The minimum atomic E-state index is 0.167. The lowest BCUT2D eigenvalue weighted by Crippen LogP contribution is -2.29. The van der Waals surface area contributed by atoms with Gasteiger partial charge < -0.3 is 10.4 Å². The van der Waals surface area contributed by atoms with E-state index in [-0.39, 0.29) is 4.97 Å². The summed E-state index contributed by atoms with van der Waals surface area (Å²) in [4.78, 5) is 0.167. The van der Waals surface area contributed by atoms with E-state index in [4.69, 9.17) is 5.21 Å². The van der Waals surface area contributed by atoms with E-state index in [1.165, 1.54) is 5.01 Å². The van der Waals surface area contributed by atoms with Gasteiger partial charge in [-0.25, -0.2) is 0 Å². The number of hydrogen-bond donors (Lipinski definition) is 1. The van der Waals surface area contributed by atoms with Crippen molar-refractivity contribution in [3.63, 3.8) is 0 Å². The Kier molecular flexibility index (Phi) is 3.50. The maximum absolute atomic E-state index is 10.4. The third kappa shape index (κ3) is 2.16. The number of hydrogen-bond acceptors (Lipinski definition) is 2. The quantitative estimate of drug-likeness (QED) is 0.348. The van der Waals surface area contributed by atoms with E-state index in [9.17, 15) is 5.21 Å². The zero-order valence-corrected chi connectivity index (χ0v) is 5.61. The van der Waals surface area contributed by atoms with Crippen molar-refractivity contribution in [2.24, 2.45) is 5.28 Å². The summed E-state index contributed by atoms with van der Waals surface area (Å²) in [5.74, 6) is 0. The molecule has 0 radical (unpaired) electrons. The van der Waals surface area contributed by atoms with Crippen LogP contribution in [0.4, 0.5) is 0 Å². The van der Waals surface area contributed by atoms with Crippen LogP contribution in [-0.4, -0.2) is 28.3 Å². The maximum atomic E-state index is 10.4. The number of rotatable bonds is 3. The van der Waals surface area contributed by atoms with Crippen molar-refractivity contribution in [2.45, 2.75) is 13.8 Å². The Balaban J connectivity index is 3.79. The van der Waals surface area contributed by atoms with Gasteiger partial charge in [0.2, 0.25) is 5.28 Å². The fourth-order valence-corrected chi connectivity index (χ4v) is 0.522. The van der Waals surface area contributed by atoms with Crippen LogP contribution in [0.3, 0.4) is 0 Å². The Morgan fingerprint density at radius 2 is 2.00 bits per heavy atom. The first-order chi connectivity index (χ1) is 4.26. The van der Waals surface area contributed by atoms with Crippen LogP contribution in [0.15, 0.2) is 5.28 Å². The van der Waals surface area contributed by atoms with Crippen molar-refractivity contribution in [1.29, 1.82) is 0 Å². The summed E-state index contributed by atoms with van der Waals surface area (Å²) in [7, 11) is 0. The normalized spacial score (nSPS) is 11.6. The molecule has 9 heavy (non-hydrogen) atoms. The molecule has 0 aromatic heterocycles. The fourth-order valence-electron chi connectivity index (χ4n) is 0.522. The molecule has 0 aliphatic rings. The van der Waals surface area contributed by atoms with Crippen LogP contribution in [0.2, 0.25) is 0 Å². The average molecular weight is 133 g/mol. The second-order valence-electron chi connectivity index (χ2n) is 1.48. The van der Waals surface area contributed by atoms with Gasteiger partial charge in [-0.3, -0.25) is 0 Å². The second kappa shape index (κ2) is 3.94. The number of hydrazine groups is 1. The lowest BCUT2D eigenvalue weighted by Gasteiger charge is -2.11. The largest absolute Gasteiger partial charge is 0.569 e. The molecule has 0 aliphatic carbocycles. The van der Waals surface area contributed by atoms with Gasteiger partial charge >= 0.3 is 0 Å². The van der Waals surface area contributed by atoms with Crippen LogP contribution in [0.1, 0.15) is 13.8 Å². The molecule has 54 valence electrons. The SMILES string of the molecule is CCN(CC)/[N+]([O-])=N\O. The van der Waals surface area contributed by atoms with Crippen LogP contribution in [0.25, 0.3) is 0 Å². The molecular formula is C4H11N3O2. The summed E-state index contributed by atoms with van der Waals surface area (Å²) in [5, 5.41) is 22.1. The Morgan fingerprint density at radius 1 is 1.56 bits per heavy atom. The molecule has 0 bridgehead atoms. The van der Waals surface area contributed by atoms with Gasteiger partial charge in [0.1, 0.15) is 0 Å². The fraction of sp³-hybridized carbons (Fsp3) is 1.00. The van der Waals surface area contributed by atoms with Crippen molar-refractivity contribution < 1.29 is 10.2 Å². The van der Waals surface area contributed by atoms with Crippen LogP contribution in [-0.2, 0) is 0 Å². The molecule has 0 spiro atoms. The second-order valence-corrected chi connectivity index (χ2v) is 1.48. The first-order valence-electron chi connectivity index (χ1n) is 2.83. The van der Waals surface area contributed by atoms with Crippen molar-refractivity contribution in [1.82, 2.24) is 5.01 Å². The Morgan fingerprint density at radius 3 is 2.11 bits per heavy atom. The highest BCUT2D eigenvalue weighted by Gasteiger charge is 2.04. The summed E-state index contributed by atoms with van der Waals surface area (Å²) < 4.78 is 0. The van der Waals surface area contributed by atoms with E-state index in [1.807, 2.05) is 0 Å². The van der Waals surface area contributed by atoms with Crippen molar-refractivity contribution in [2.75, 3.05) is 13.1 Å². The van der Waals surface area contributed by atoms with E-state index >= 15 is 0 Å². The molecule has 0 saturated carbocycles.